The Hall–Kier alpha value is -1.30. The molecule has 0 saturated carbocycles. The van der Waals surface area contributed by atoms with Crippen LogP contribution in [0.3, 0.4) is 0 Å². The Bertz CT molecular complexity index is 326. The molecule has 2 amide bonds. The lowest BCUT2D eigenvalue weighted by molar-refractivity contribution is -0.168. The van der Waals surface area contributed by atoms with Crippen molar-refractivity contribution in [1.82, 2.24) is 9.96 Å². The summed E-state index contributed by atoms with van der Waals surface area (Å²) < 4.78 is 5.27. The zero-order chi connectivity index (χ0) is 16.5. The fourth-order valence-corrected chi connectivity index (χ4v) is 1.67. The van der Waals surface area contributed by atoms with E-state index in [0.717, 1.165) is 25.7 Å². The summed E-state index contributed by atoms with van der Waals surface area (Å²) in [7, 11) is 4.83. The normalized spacial score (nSPS) is 11.1. The maximum atomic E-state index is 11.7. The van der Waals surface area contributed by atoms with Crippen molar-refractivity contribution >= 4 is 12.0 Å². The summed E-state index contributed by atoms with van der Waals surface area (Å²) in [5, 5.41) is 1.25. The molecule has 0 radical (unpaired) electrons. The van der Waals surface area contributed by atoms with E-state index in [0.29, 0.717) is 13.0 Å². The van der Waals surface area contributed by atoms with Crippen molar-refractivity contribution in [2.24, 2.45) is 0 Å². The molecule has 0 bridgehead atoms. The van der Waals surface area contributed by atoms with Crippen LogP contribution in [0.2, 0.25) is 0 Å². The Morgan fingerprint density at radius 3 is 2.10 bits per heavy atom. The van der Waals surface area contributed by atoms with Crippen LogP contribution in [0.4, 0.5) is 4.79 Å². The largest absolute Gasteiger partial charge is 0.444 e. The Labute approximate surface area is 128 Å². The van der Waals surface area contributed by atoms with E-state index in [2.05, 4.69) is 0 Å². The monoisotopic (exact) mass is 302 g/mol. The first kappa shape index (κ1) is 19.7. The van der Waals surface area contributed by atoms with E-state index in [9.17, 15) is 9.59 Å². The number of hydroxylamine groups is 2. The zero-order valence-corrected chi connectivity index (χ0v) is 14.3. The molecule has 0 unspecified atom stereocenters. The number of unbranched alkanes of at least 4 members (excludes halogenated alkanes) is 3. The van der Waals surface area contributed by atoms with Gasteiger partial charge in [-0.2, -0.15) is 0 Å². The van der Waals surface area contributed by atoms with Crippen molar-refractivity contribution in [3.63, 3.8) is 0 Å². The molecule has 21 heavy (non-hydrogen) atoms. The molecule has 0 aliphatic rings. The first-order valence-electron chi connectivity index (χ1n) is 7.42. The summed E-state index contributed by atoms with van der Waals surface area (Å²) in [6.07, 6.45) is 3.89. The van der Waals surface area contributed by atoms with Crippen LogP contribution < -0.4 is 0 Å². The van der Waals surface area contributed by atoms with Crippen molar-refractivity contribution in [3.8, 4) is 0 Å². The molecular formula is C15H30N2O4. The molecule has 0 saturated heterocycles. The molecule has 0 heterocycles. The Morgan fingerprint density at radius 2 is 1.57 bits per heavy atom. The van der Waals surface area contributed by atoms with Gasteiger partial charge in [-0.05, 0) is 33.6 Å². The third kappa shape index (κ3) is 10.1. The standard InChI is InChI=1S/C15H30N2O4/c1-15(2,3)21-14(19)16(4)12-10-8-7-9-11-13(18)17(5)20-6/h7-12H2,1-6H3. The van der Waals surface area contributed by atoms with Crippen LogP contribution in [0.25, 0.3) is 0 Å². The molecule has 0 fully saturated rings. The third-order valence-electron chi connectivity index (χ3n) is 2.96. The molecule has 0 aromatic carbocycles. The fourth-order valence-electron chi connectivity index (χ4n) is 1.67. The maximum absolute atomic E-state index is 11.7. The lowest BCUT2D eigenvalue weighted by Crippen LogP contribution is -2.34. The van der Waals surface area contributed by atoms with Gasteiger partial charge >= 0.3 is 6.09 Å². The molecule has 0 spiro atoms. The summed E-state index contributed by atoms with van der Waals surface area (Å²) >= 11 is 0. The van der Waals surface area contributed by atoms with E-state index in [1.807, 2.05) is 20.8 Å². The lowest BCUT2D eigenvalue weighted by Gasteiger charge is -2.24. The second-order valence-corrected chi connectivity index (χ2v) is 6.14. The predicted octanol–water partition coefficient (Wildman–Crippen LogP) is 2.82. The smallest absolute Gasteiger partial charge is 0.410 e. The molecule has 0 rings (SSSR count). The highest BCUT2D eigenvalue weighted by Gasteiger charge is 2.19. The van der Waals surface area contributed by atoms with Gasteiger partial charge in [0.2, 0.25) is 5.91 Å². The summed E-state index contributed by atoms with van der Waals surface area (Å²) in [5.41, 5.74) is -0.459. The number of rotatable bonds is 8. The number of ether oxygens (including phenoxy) is 1. The predicted molar refractivity (Wildman–Crippen MR) is 81.7 cm³/mol. The highest BCUT2D eigenvalue weighted by molar-refractivity contribution is 5.74. The first-order valence-corrected chi connectivity index (χ1v) is 7.42. The second kappa shape index (κ2) is 9.60. The van der Waals surface area contributed by atoms with Crippen LogP contribution in [0.15, 0.2) is 0 Å². The molecule has 6 nitrogen and oxygen atoms in total. The van der Waals surface area contributed by atoms with Gasteiger partial charge in [0.05, 0.1) is 7.11 Å². The third-order valence-corrected chi connectivity index (χ3v) is 2.96. The highest BCUT2D eigenvalue weighted by Crippen LogP contribution is 2.10. The van der Waals surface area contributed by atoms with E-state index in [1.54, 1.807) is 19.0 Å². The summed E-state index contributed by atoms with van der Waals surface area (Å²) in [5.74, 6) is -0.0108. The second-order valence-electron chi connectivity index (χ2n) is 6.14. The van der Waals surface area contributed by atoms with Crippen LogP contribution in [0, 0.1) is 0 Å². The van der Waals surface area contributed by atoms with E-state index < -0.39 is 5.60 Å². The van der Waals surface area contributed by atoms with Crippen molar-refractivity contribution in [1.29, 1.82) is 0 Å². The molecule has 0 aromatic heterocycles. The quantitative estimate of drug-likeness (QED) is 0.511. The van der Waals surface area contributed by atoms with Gasteiger partial charge in [0, 0.05) is 27.1 Å². The number of nitrogens with zero attached hydrogens (tertiary/aromatic N) is 2. The van der Waals surface area contributed by atoms with Crippen LogP contribution in [-0.2, 0) is 14.4 Å². The van der Waals surface area contributed by atoms with E-state index in [1.165, 1.54) is 12.2 Å². The molecule has 6 heteroatoms. The number of carbonyl (C=O) groups is 2. The fraction of sp³-hybridized carbons (Fsp3) is 0.867. The average molecular weight is 302 g/mol. The van der Waals surface area contributed by atoms with Gasteiger partial charge < -0.3 is 9.64 Å². The van der Waals surface area contributed by atoms with Crippen LogP contribution in [0.5, 0.6) is 0 Å². The van der Waals surface area contributed by atoms with Crippen molar-refractivity contribution in [2.45, 2.75) is 58.5 Å². The highest BCUT2D eigenvalue weighted by atomic mass is 16.7. The molecule has 0 atom stereocenters. The van der Waals surface area contributed by atoms with E-state index in [4.69, 9.17) is 9.57 Å². The summed E-state index contributed by atoms with van der Waals surface area (Å²) in [4.78, 5) is 29.6. The molecule has 124 valence electrons. The van der Waals surface area contributed by atoms with Gasteiger partial charge in [0.1, 0.15) is 5.60 Å². The zero-order valence-electron chi connectivity index (χ0n) is 14.3. The first-order chi connectivity index (χ1) is 9.67. The summed E-state index contributed by atoms with van der Waals surface area (Å²) in [6.45, 7) is 6.23. The van der Waals surface area contributed by atoms with Crippen molar-refractivity contribution in [3.05, 3.63) is 0 Å². The maximum Gasteiger partial charge on any atom is 0.410 e. The van der Waals surface area contributed by atoms with Crippen LogP contribution in [0.1, 0.15) is 52.9 Å². The van der Waals surface area contributed by atoms with E-state index in [-0.39, 0.29) is 12.0 Å². The van der Waals surface area contributed by atoms with Gasteiger partial charge in [-0.1, -0.05) is 12.8 Å². The molecule has 0 N–H and O–H groups in total. The van der Waals surface area contributed by atoms with Gasteiger partial charge in [-0.15, -0.1) is 0 Å². The minimum absolute atomic E-state index is 0.0108. The van der Waals surface area contributed by atoms with Gasteiger partial charge in [-0.25, -0.2) is 9.86 Å². The van der Waals surface area contributed by atoms with Gasteiger partial charge in [-0.3, -0.25) is 9.63 Å². The number of carbonyl (C=O) groups excluding carboxylic acids is 2. The minimum atomic E-state index is -0.459. The SMILES string of the molecule is CON(C)C(=O)CCCCCCN(C)C(=O)OC(C)(C)C. The molecule has 0 aliphatic heterocycles. The molecule has 0 aliphatic carbocycles. The molecule has 0 aromatic rings. The van der Waals surface area contributed by atoms with Crippen molar-refractivity contribution < 1.29 is 19.2 Å². The number of hydrogen-bond donors (Lipinski definition) is 0. The number of hydrogen-bond acceptors (Lipinski definition) is 4. The Kier molecular flexibility index (Phi) is 9.01. The summed E-state index contributed by atoms with van der Waals surface area (Å²) in [6, 6.07) is 0. The van der Waals surface area contributed by atoms with Crippen LogP contribution in [-0.4, -0.2) is 55.3 Å². The van der Waals surface area contributed by atoms with Crippen LogP contribution >= 0.6 is 0 Å². The Morgan fingerprint density at radius 1 is 1.00 bits per heavy atom. The average Bonchev–Trinajstić information content (AvgIpc) is 2.39. The molecular weight excluding hydrogens is 272 g/mol. The minimum Gasteiger partial charge on any atom is -0.444 e. The number of amides is 2. The lowest BCUT2D eigenvalue weighted by atomic mass is 10.1. The van der Waals surface area contributed by atoms with E-state index >= 15 is 0 Å². The van der Waals surface area contributed by atoms with Gasteiger partial charge in [0.15, 0.2) is 0 Å². The van der Waals surface area contributed by atoms with Crippen molar-refractivity contribution in [2.75, 3.05) is 27.7 Å². The van der Waals surface area contributed by atoms with Gasteiger partial charge in [0.25, 0.3) is 0 Å². The topological polar surface area (TPSA) is 59.1 Å². The Balaban J connectivity index is 3.67.